The summed E-state index contributed by atoms with van der Waals surface area (Å²) in [4.78, 5) is 65.8. The van der Waals surface area contributed by atoms with Crippen LogP contribution in [0.4, 0.5) is 10.3 Å². The van der Waals surface area contributed by atoms with E-state index >= 15 is 0 Å². The Bertz CT molecular complexity index is 1810. The van der Waals surface area contributed by atoms with Gasteiger partial charge in [-0.1, -0.05) is 46.9 Å². The molecule has 0 N–H and O–H groups in total. The quantitative estimate of drug-likeness (QED) is 0.267. The molecule has 2 aliphatic rings. The van der Waals surface area contributed by atoms with E-state index in [9.17, 15) is 19.2 Å². The first-order valence-electron chi connectivity index (χ1n) is 11.6. The topological polar surface area (TPSA) is 101 Å². The van der Waals surface area contributed by atoms with Crippen molar-refractivity contribution in [2.45, 2.75) is 0 Å². The van der Waals surface area contributed by atoms with Gasteiger partial charge in [-0.2, -0.15) is 0 Å². The van der Waals surface area contributed by atoms with Crippen molar-refractivity contribution < 1.29 is 19.2 Å². The molecule has 0 unspecified atom stereocenters. The van der Waals surface area contributed by atoms with Gasteiger partial charge in [-0.25, -0.2) is 19.8 Å². The molecule has 4 amide bonds. The van der Waals surface area contributed by atoms with Crippen molar-refractivity contribution in [3.8, 4) is 0 Å². The summed E-state index contributed by atoms with van der Waals surface area (Å²) in [7, 11) is 0. The Balaban J connectivity index is 1.30. The number of hydrogen-bond acceptors (Lipinski definition) is 8. The van der Waals surface area contributed by atoms with Crippen LogP contribution in [-0.4, -0.2) is 33.6 Å². The van der Waals surface area contributed by atoms with E-state index in [1.807, 2.05) is 48.5 Å². The zero-order valence-corrected chi connectivity index (χ0v) is 20.8. The fourth-order valence-corrected chi connectivity index (χ4v) is 7.06. The lowest BCUT2D eigenvalue weighted by atomic mass is 9.86. The molecule has 38 heavy (non-hydrogen) atoms. The van der Waals surface area contributed by atoms with Gasteiger partial charge in [0.05, 0.1) is 20.4 Å². The first-order chi connectivity index (χ1) is 18.5. The lowest BCUT2D eigenvalue weighted by Crippen LogP contribution is -2.43. The number of para-hydroxylation sites is 2. The zero-order chi connectivity index (χ0) is 25.7. The second kappa shape index (κ2) is 7.37. The number of thiazole rings is 2. The van der Waals surface area contributed by atoms with Gasteiger partial charge in [-0.3, -0.25) is 19.2 Å². The molecule has 0 fully saturated rings. The Hall–Kier alpha value is -4.80. The predicted molar refractivity (Wildman–Crippen MR) is 145 cm³/mol. The van der Waals surface area contributed by atoms with Crippen LogP contribution < -0.4 is 9.80 Å². The lowest BCUT2D eigenvalue weighted by molar-refractivity contribution is 0.0873. The van der Waals surface area contributed by atoms with E-state index < -0.39 is 23.6 Å². The molecule has 0 saturated carbocycles. The molecule has 4 heterocycles. The van der Waals surface area contributed by atoms with Crippen LogP contribution in [0.3, 0.4) is 0 Å². The van der Waals surface area contributed by atoms with E-state index in [2.05, 4.69) is 9.97 Å². The summed E-state index contributed by atoms with van der Waals surface area (Å²) >= 11 is 2.50. The number of carbonyl (C=O) groups excluding carboxylic acids is 4. The van der Waals surface area contributed by atoms with Gasteiger partial charge >= 0.3 is 0 Å². The van der Waals surface area contributed by atoms with Crippen LogP contribution in [0.25, 0.3) is 31.2 Å². The third kappa shape index (κ3) is 2.67. The van der Waals surface area contributed by atoms with Crippen molar-refractivity contribution >= 4 is 87.8 Å². The van der Waals surface area contributed by atoms with Crippen molar-refractivity contribution in [2.75, 3.05) is 9.80 Å². The van der Waals surface area contributed by atoms with Crippen molar-refractivity contribution in [3.63, 3.8) is 0 Å². The van der Waals surface area contributed by atoms with E-state index in [0.717, 1.165) is 19.2 Å². The Kier molecular flexibility index (Phi) is 4.13. The number of anilines is 2. The molecule has 0 spiro atoms. The smallest absolute Gasteiger partial charge is 0.267 e. The average molecular weight is 533 g/mol. The molecule has 180 valence electrons. The highest BCUT2D eigenvalue weighted by atomic mass is 32.1. The third-order valence-electron chi connectivity index (χ3n) is 6.84. The molecule has 0 atom stereocenters. The predicted octanol–water partition coefficient (Wildman–Crippen LogP) is 5.66. The van der Waals surface area contributed by atoms with Crippen molar-refractivity contribution in [3.05, 3.63) is 95.1 Å². The zero-order valence-electron chi connectivity index (χ0n) is 19.2. The lowest BCUT2D eigenvalue weighted by Gasteiger charge is -2.30. The van der Waals surface area contributed by atoms with Crippen LogP contribution in [0, 0.1) is 0 Å². The highest BCUT2D eigenvalue weighted by Gasteiger charge is 2.42. The van der Waals surface area contributed by atoms with Crippen molar-refractivity contribution in [1.82, 2.24) is 9.97 Å². The number of fused-ring (bicyclic) bond motifs is 2. The number of rotatable bonds is 2. The standard InChI is InChI=1S/C28H12N4O4S2/c33-23-13-9-11-15-22-16(26(36)32(25(15)35)28-30-18-6-2-4-8-20(18)38-28)12-10-14(21(13)22)24(34)31(23)27-29-17-5-1-3-7-19(17)37-27/h1-12H. The molecule has 0 saturated heterocycles. The number of nitrogens with zero attached hydrogens (tertiary/aromatic N) is 4. The second-order valence-corrected chi connectivity index (χ2v) is 10.9. The molecule has 4 aromatic carbocycles. The van der Waals surface area contributed by atoms with Crippen LogP contribution in [0.1, 0.15) is 41.4 Å². The highest BCUT2D eigenvalue weighted by molar-refractivity contribution is 7.23. The Morgan fingerprint density at radius 2 is 0.816 bits per heavy atom. The molecule has 2 aromatic heterocycles. The van der Waals surface area contributed by atoms with E-state index in [1.54, 1.807) is 24.3 Å². The molecule has 0 radical (unpaired) electrons. The normalized spacial score (nSPS) is 14.9. The van der Waals surface area contributed by atoms with Gasteiger partial charge in [0.25, 0.3) is 23.6 Å². The number of carbonyl (C=O) groups is 4. The SMILES string of the molecule is O=C1c2ccc3c4c(ccc(c24)C(=O)N1c1nc2ccccc2s1)C(=O)N(c1nc2ccccc2s1)C3=O. The van der Waals surface area contributed by atoms with Gasteiger partial charge in [0.2, 0.25) is 10.3 Å². The van der Waals surface area contributed by atoms with Crippen LogP contribution in [0.2, 0.25) is 0 Å². The van der Waals surface area contributed by atoms with Gasteiger partial charge in [-0.05, 0) is 48.5 Å². The fraction of sp³-hybridized carbons (Fsp3) is 0. The second-order valence-electron chi connectivity index (χ2n) is 8.89. The van der Waals surface area contributed by atoms with Crippen LogP contribution >= 0.6 is 22.7 Å². The summed E-state index contributed by atoms with van der Waals surface area (Å²) in [5, 5.41) is 1.18. The monoisotopic (exact) mass is 532 g/mol. The summed E-state index contributed by atoms with van der Waals surface area (Å²) in [6, 6.07) is 21.0. The van der Waals surface area contributed by atoms with Gasteiger partial charge in [-0.15, -0.1) is 0 Å². The summed E-state index contributed by atoms with van der Waals surface area (Å²) in [5.74, 6) is -2.17. The number of amides is 4. The maximum atomic E-state index is 13.7. The highest BCUT2D eigenvalue weighted by Crippen LogP contribution is 2.42. The van der Waals surface area contributed by atoms with Crippen LogP contribution in [0.5, 0.6) is 0 Å². The third-order valence-corrected chi connectivity index (χ3v) is 8.89. The van der Waals surface area contributed by atoms with Crippen molar-refractivity contribution in [1.29, 1.82) is 0 Å². The molecule has 6 aromatic rings. The molecule has 0 aliphatic carbocycles. The summed E-state index contributed by atoms with van der Waals surface area (Å²) in [6.07, 6.45) is 0. The molecule has 0 bridgehead atoms. The van der Waals surface area contributed by atoms with E-state index in [-0.39, 0.29) is 32.5 Å². The molecular formula is C28H12N4O4S2. The first kappa shape index (κ1) is 21.3. The van der Waals surface area contributed by atoms with Gasteiger partial charge in [0.15, 0.2) is 0 Å². The number of benzene rings is 4. The maximum absolute atomic E-state index is 13.7. The summed E-state index contributed by atoms with van der Waals surface area (Å²) < 4.78 is 1.70. The first-order valence-corrected chi connectivity index (χ1v) is 13.2. The Morgan fingerprint density at radius 3 is 1.16 bits per heavy atom. The number of aromatic nitrogens is 2. The molecule has 10 heteroatoms. The summed E-state index contributed by atoms with van der Waals surface area (Å²) in [6.45, 7) is 0. The summed E-state index contributed by atoms with van der Waals surface area (Å²) in [5.41, 5.74) is 2.36. The fourth-order valence-electron chi connectivity index (χ4n) is 5.13. The minimum atomic E-state index is -0.543. The van der Waals surface area contributed by atoms with Crippen LogP contribution in [0.15, 0.2) is 72.8 Å². The molecular weight excluding hydrogens is 520 g/mol. The molecule has 2 aliphatic heterocycles. The maximum Gasteiger partial charge on any atom is 0.267 e. The van der Waals surface area contributed by atoms with E-state index in [1.165, 1.54) is 22.7 Å². The van der Waals surface area contributed by atoms with Gasteiger partial charge in [0.1, 0.15) is 0 Å². The molecule has 8 rings (SSSR count). The average Bonchev–Trinajstić information content (AvgIpc) is 3.54. The number of imide groups is 2. The van der Waals surface area contributed by atoms with E-state index in [0.29, 0.717) is 21.8 Å². The Morgan fingerprint density at radius 1 is 0.474 bits per heavy atom. The molecule has 8 nitrogen and oxygen atoms in total. The van der Waals surface area contributed by atoms with Crippen molar-refractivity contribution in [2.24, 2.45) is 0 Å². The largest absolute Gasteiger partial charge is 0.268 e. The van der Waals surface area contributed by atoms with Gasteiger partial charge in [0, 0.05) is 33.0 Å². The Labute approximate surface area is 221 Å². The minimum Gasteiger partial charge on any atom is -0.268 e. The van der Waals surface area contributed by atoms with Gasteiger partial charge < -0.3 is 0 Å². The minimum absolute atomic E-state index is 0.244. The van der Waals surface area contributed by atoms with E-state index in [4.69, 9.17) is 0 Å². The van der Waals surface area contributed by atoms with Crippen LogP contribution in [-0.2, 0) is 0 Å². The number of hydrogen-bond donors (Lipinski definition) is 0.